The van der Waals surface area contributed by atoms with Gasteiger partial charge in [0.15, 0.2) is 16.8 Å². The number of fused-ring (bicyclic) bond motifs is 4. The second-order valence-electron chi connectivity index (χ2n) is 8.01. The van der Waals surface area contributed by atoms with Crippen molar-refractivity contribution in [3.63, 3.8) is 0 Å². The van der Waals surface area contributed by atoms with Crippen molar-refractivity contribution in [1.29, 1.82) is 0 Å². The zero-order chi connectivity index (χ0) is 23.7. The van der Waals surface area contributed by atoms with Gasteiger partial charge >= 0.3 is 0 Å². The second kappa shape index (κ2) is 8.84. The summed E-state index contributed by atoms with van der Waals surface area (Å²) in [5.74, 6) is 6.66. The molecule has 0 atom stereocenters. The quantitative estimate of drug-likeness (QED) is 0.158. The maximum atomic E-state index is 12.8. The van der Waals surface area contributed by atoms with E-state index < -0.39 is 0 Å². The molecule has 0 saturated heterocycles. The van der Waals surface area contributed by atoms with Gasteiger partial charge in [0.05, 0.1) is 0 Å². The lowest BCUT2D eigenvalue weighted by Crippen LogP contribution is -2.21. The lowest BCUT2D eigenvalue weighted by Gasteiger charge is -2.21. The van der Waals surface area contributed by atoms with Crippen molar-refractivity contribution in [3.05, 3.63) is 93.6 Å². The number of carbonyl (C=O) groups excluding carboxylic acids is 1. The maximum absolute atomic E-state index is 12.8. The number of hydrogen-bond acceptors (Lipinski definition) is 5. The fraction of sp³-hybridized carbons (Fsp3) is 0.138. The summed E-state index contributed by atoms with van der Waals surface area (Å²) < 4.78 is 6.15. The van der Waals surface area contributed by atoms with E-state index in [0.717, 1.165) is 41.7 Å². The zero-order valence-electron chi connectivity index (χ0n) is 19.0. The number of rotatable bonds is 4. The van der Waals surface area contributed by atoms with E-state index in [1.165, 1.54) is 6.07 Å². The van der Waals surface area contributed by atoms with Gasteiger partial charge in [-0.05, 0) is 56.3 Å². The van der Waals surface area contributed by atoms with Crippen molar-refractivity contribution >= 4 is 33.8 Å². The van der Waals surface area contributed by atoms with Crippen LogP contribution < -0.4 is 10.3 Å². The SMILES string of the molecule is CCN(CC)c1ccc2nc3c4cc(C#Cc5cccc(C=O)c5)ccc4c(=O)cc-3oc2c1. The average molecular weight is 447 g/mol. The molecule has 0 amide bonds. The normalized spacial score (nSPS) is 10.9. The van der Waals surface area contributed by atoms with Crippen LogP contribution in [0.3, 0.4) is 0 Å². The third-order valence-corrected chi connectivity index (χ3v) is 5.93. The van der Waals surface area contributed by atoms with Crippen LogP contribution >= 0.6 is 0 Å². The van der Waals surface area contributed by atoms with Crippen LogP contribution in [0.15, 0.2) is 75.9 Å². The zero-order valence-corrected chi connectivity index (χ0v) is 19.0. The molecule has 0 bridgehead atoms. The van der Waals surface area contributed by atoms with Gasteiger partial charge in [-0.2, -0.15) is 0 Å². The number of hydrogen-bond donors (Lipinski definition) is 0. The van der Waals surface area contributed by atoms with Crippen LogP contribution in [0, 0.1) is 11.8 Å². The third-order valence-electron chi connectivity index (χ3n) is 5.93. The Balaban J connectivity index is 1.65. The maximum Gasteiger partial charge on any atom is 0.190 e. The van der Waals surface area contributed by atoms with Crippen LogP contribution in [0.5, 0.6) is 0 Å². The van der Waals surface area contributed by atoms with Crippen molar-refractivity contribution < 1.29 is 9.21 Å². The number of nitrogens with zero attached hydrogens (tertiary/aromatic N) is 2. The Hall–Kier alpha value is -4.43. The molecule has 0 spiro atoms. The second-order valence-corrected chi connectivity index (χ2v) is 8.01. The van der Waals surface area contributed by atoms with E-state index >= 15 is 0 Å². The molecule has 5 rings (SSSR count). The predicted molar refractivity (Wildman–Crippen MR) is 136 cm³/mol. The molecule has 3 aromatic rings. The molecular formula is C29H22N2O3. The summed E-state index contributed by atoms with van der Waals surface area (Å²) in [5.41, 5.74) is 5.00. The molecule has 0 aromatic heterocycles. The topological polar surface area (TPSA) is 63.4 Å². The van der Waals surface area contributed by atoms with Crippen LogP contribution in [-0.4, -0.2) is 24.4 Å². The molecule has 0 fully saturated rings. The van der Waals surface area contributed by atoms with E-state index in [2.05, 4.69) is 30.6 Å². The van der Waals surface area contributed by atoms with Crippen molar-refractivity contribution in [1.82, 2.24) is 4.98 Å². The molecule has 166 valence electrons. The van der Waals surface area contributed by atoms with E-state index in [-0.39, 0.29) is 5.43 Å². The number of benzene rings is 4. The Morgan fingerprint density at radius 2 is 1.71 bits per heavy atom. The highest BCUT2D eigenvalue weighted by Crippen LogP contribution is 2.32. The van der Waals surface area contributed by atoms with Gasteiger partial charge in [0, 0.05) is 58.4 Å². The van der Waals surface area contributed by atoms with Crippen molar-refractivity contribution in [2.45, 2.75) is 13.8 Å². The molecule has 1 heterocycles. The predicted octanol–water partition coefficient (Wildman–Crippen LogP) is 5.50. The molecule has 0 unspecified atom stereocenters. The van der Waals surface area contributed by atoms with Crippen molar-refractivity contribution in [2.75, 3.05) is 18.0 Å². The van der Waals surface area contributed by atoms with E-state index in [1.54, 1.807) is 24.3 Å². The van der Waals surface area contributed by atoms with E-state index in [0.29, 0.717) is 33.4 Å². The Morgan fingerprint density at radius 1 is 0.912 bits per heavy atom. The third kappa shape index (κ3) is 3.91. The molecule has 0 radical (unpaired) electrons. The largest absolute Gasteiger partial charge is 0.453 e. The van der Waals surface area contributed by atoms with Crippen LogP contribution in [0.1, 0.15) is 35.3 Å². The molecular weight excluding hydrogens is 424 g/mol. The standard InChI is InChI=1S/C29H22N2O3/c1-3-31(4-2)22-11-13-25-27(16-22)34-28-17-26(33)23-12-10-20(15-24(23)29(28)30-25)9-8-19-6-5-7-21(14-19)18-32/h5-7,10-18H,3-4H2,1-2H3. The molecule has 2 aliphatic rings. The lowest BCUT2D eigenvalue weighted by molar-refractivity contribution is 0.112. The van der Waals surface area contributed by atoms with Crippen LogP contribution in [0.25, 0.3) is 33.3 Å². The highest BCUT2D eigenvalue weighted by atomic mass is 16.3. The fourth-order valence-corrected chi connectivity index (χ4v) is 4.16. The summed E-state index contributed by atoms with van der Waals surface area (Å²) in [4.78, 5) is 30.9. The summed E-state index contributed by atoms with van der Waals surface area (Å²) in [7, 11) is 0. The van der Waals surface area contributed by atoms with Crippen LogP contribution in [-0.2, 0) is 0 Å². The molecule has 0 N–H and O–H groups in total. The first-order valence-corrected chi connectivity index (χ1v) is 11.2. The molecule has 1 aliphatic heterocycles. The Labute approximate surface area is 197 Å². The minimum atomic E-state index is -0.120. The van der Waals surface area contributed by atoms with E-state index in [9.17, 15) is 9.59 Å². The molecule has 5 nitrogen and oxygen atoms in total. The summed E-state index contributed by atoms with van der Waals surface area (Å²) >= 11 is 0. The first-order chi connectivity index (χ1) is 16.6. The molecule has 0 saturated carbocycles. The summed E-state index contributed by atoms with van der Waals surface area (Å²) in [5, 5.41) is 1.28. The van der Waals surface area contributed by atoms with Crippen LogP contribution in [0.2, 0.25) is 0 Å². The monoisotopic (exact) mass is 446 g/mol. The number of carbonyl (C=O) groups is 1. The number of anilines is 1. The van der Waals surface area contributed by atoms with Gasteiger partial charge in [-0.15, -0.1) is 0 Å². The molecule has 34 heavy (non-hydrogen) atoms. The lowest BCUT2D eigenvalue weighted by atomic mass is 10.0. The highest BCUT2D eigenvalue weighted by Gasteiger charge is 2.16. The Morgan fingerprint density at radius 3 is 2.47 bits per heavy atom. The van der Waals surface area contributed by atoms with E-state index in [1.807, 2.05) is 36.4 Å². The first kappa shape index (κ1) is 21.4. The highest BCUT2D eigenvalue weighted by molar-refractivity contribution is 5.97. The number of aldehydes is 1. The summed E-state index contributed by atoms with van der Waals surface area (Å²) in [6, 6.07) is 20.1. The van der Waals surface area contributed by atoms with Gasteiger partial charge in [-0.3, -0.25) is 9.59 Å². The number of aromatic nitrogens is 1. The van der Waals surface area contributed by atoms with Crippen molar-refractivity contribution in [3.8, 4) is 23.3 Å². The summed E-state index contributed by atoms with van der Waals surface area (Å²) in [6.45, 7) is 6.00. The van der Waals surface area contributed by atoms with Gasteiger partial charge < -0.3 is 9.32 Å². The van der Waals surface area contributed by atoms with E-state index in [4.69, 9.17) is 9.40 Å². The fourth-order valence-electron chi connectivity index (χ4n) is 4.16. The van der Waals surface area contributed by atoms with Gasteiger partial charge in [0.25, 0.3) is 0 Å². The summed E-state index contributed by atoms with van der Waals surface area (Å²) in [6.07, 6.45) is 0.799. The Bertz CT molecular complexity index is 1640. The smallest absolute Gasteiger partial charge is 0.190 e. The molecule has 1 aliphatic carbocycles. The van der Waals surface area contributed by atoms with Crippen LogP contribution in [0.4, 0.5) is 5.69 Å². The minimum absolute atomic E-state index is 0.120. The van der Waals surface area contributed by atoms with Gasteiger partial charge in [0.2, 0.25) is 0 Å². The van der Waals surface area contributed by atoms with Crippen molar-refractivity contribution in [2.24, 2.45) is 0 Å². The molecule has 5 heteroatoms. The van der Waals surface area contributed by atoms with Gasteiger partial charge in [0.1, 0.15) is 17.5 Å². The minimum Gasteiger partial charge on any atom is -0.453 e. The average Bonchev–Trinajstić information content (AvgIpc) is 2.87. The Kier molecular flexibility index (Phi) is 5.57. The first-order valence-electron chi connectivity index (χ1n) is 11.2. The van der Waals surface area contributed by atoms with Gasteiger partial charge in [-0.1, -0.05) is 24.0 Å². The van der Waals surface area contributed by atoms with Gasteiger partial charge in [-0.25, -0.2) is 4.98 Å². The molecule has 3 aromatic carbocycles.